The van der Waals surface area contributed by atoms with E-state index in [4.69, 9.17) is 21.1 Å². The van der Waals surface area contributed by atoms with Crippen LogP contribution in [0.2, 0.25) is 5.02 Å². The monoisotopic (exact) mass is 757 g/mol. The zero-order chi connectivity index (χ0) is 38.6. The molecule has 5 amide bonds. The fourth-order valence-electron chi connectivity index (χ4n) is 7.56. The maximum absolute atomic E-state index is 13.6. The van der Waals surface area contributed by atoms with Crippen molar-refractivity contribution in [3.8, 4) is 22.9 Å². The van der Waals surface area contributed by atoms with Crippen molar-refractivity contribution in [2.24, 2.45) is 0 Å². The molecular formula is C42H36ClN5O7. The Hall–Kier alpha value is -6.03. The molecule has 1 N–H and O–H groups in total. The molecule has 278 valence electrons. The SMILES string of the molecule is CC1(C)C(=O)N(c2ccc(C#N)c(Cl)c2)c2ccc(-c3ccc(N4CC(OCCCOc5ccc6c(c5)C(=O)N(C5CCC(=O)NC5=O)C6=O)C4)cc3)cc21. The molecule has 4 heterocycles. The fraction of sp³-hybridized carbons (Fsp3) is 0.286. The molecule has 12 nitrogen and oxygen atoms in total. The van der Waals surface area contributed by atoms with Crippen LogP contribution in [0.4, 0.5) is 17.1 Å². The second-order valence-corrected chi connectivity index (χ2v) is 15.0. The van der Waals surface area contributed by atoms with Crippen molar-refractivity contribution < 1.29 is 33.4 Å². The Morgan fingerprint density at radius 3 is 2.31 bits per heavy atom. The first-order valence-electron chi connectivity index (χ1n) is 18.1. The van der Waals surface area contributed by atoms with Gasteiger partial charge in [-0.05, 0) is 97.6 Å². The summed E-state index contributed by atoms with van der Waals surface area (Å²) in [6.07, 6.45) is 0.880. The molecule has 2 fully saturated rings. The number of nitrogens with one attached hydrogen (secondary N) is 1. The van der Waals surface area contributed by atoms with Crippen LogP contribution in [-0.2, 0) is 24.5 Å². The Bertz CT molecular complexity index is 2330. The van der Waals surface area contributed by atoms with E-state index in [-0.39, 0.29) is 36.0 Å². The third kappa shape index (κ3) is 6.39. The van der Waals surface area contributed by atoms with Gasteiger partial charge in [0.15, 0.2) is 0 Å². The maximum Gasteiger partial charge on any atom is 0.262 e. The van der Waals surface area contributed by atoms with Gasteiger partial charge >= 0.3 is 0 Å². The lowest BCUT2D eigenvalue weighted by atomic mass is 9.84. The minimum atomic E-state index is -1.01. The normalized spacial score (nSPS) is 18.9. The molecule has 55 heavy (non-hydrogen) atoms. The number of anilines is 3. The van der Waals surface area contributed by atoms with Crippen molar-refractivity contribution in [3.05, 3.63) is 106 Å². The summed E-state index contributed by atoms with van der Waals surface area (Å²) in [5, 5.41) is 11.8. The van der Waals surface area contributed by atoms with Gasteiger partial charge in [0, 0.05) is 31.6 Å². The van der Waals surface area contributed by atoms with Gasteiger partial charge in [-0.2, -0.15) is 5.26 Å². The number of carbonyl (C=O) groups is 5. The molecule has 8 rings (SSSR count). The van der Waals surface area contributed by atoms with Crippen LogP contribution in [-0.4, -0.2) is 72.9 Å². The number of carbonyl (C=O) groups excluding carboxylic acids is 5. The number of rotatable bonds is 10. The van der Waals surface area contributed by atoms with Crippen LogP contribution in [0.3, 0.4) is 0 Å². The highest BCUT2D eigenvalue weighted by Gasteiger charge is 2.46. The number of halogens is 1. The van der Waals surface area contributed by atoms with E-state index in [0.29, 0.717) is 41.7 Å². The number of benzene rings is 4. The first kappa shape index (κ1) is 36.0. The van der Waals surface area contributed by atoms with Crippen LogP contribution in [0.15, 0.2) is 78.9 Å². The molecule has 4 aliphatic rings. The molecule has 0 spiro atoms. The molecular weight excluding hydrogens is 722 g/mol. The first-order valence-corrected chi connectivity index (χ1v) is 18.5. The summed E-state index contributed by atoms with van der Waals surface area (Å²) in [5.74, 6) is -1.81. The third-order valence-corrected chi connectivity index (χ3v) is 11.0. The molecule has 0 aliphatic carbocycles. The van der Waals surface area contributed by atoms with Gasteiger partial charge in [-0.1, -0.05) is 29.8 Å². The van der Waals surface area contributed by atoms with Gasteiger partial charge in [0.2, 0.25) is 17.7 Å². The molecule has 4 aromatic carbocycles. The van der Waals surface area contributed by atoms with Gasteiger partial charge in [0.05, 0.1) is 57.8 Å². The number of nitriles is 1. The zero-order valence-corrected chi connectivity index (χ0v) is 30.9. The highest BCUT2D eigenvalue weighted by Crippen LogP contribution is 2.47. The molecule has 2 saturated heterocycles. The van der Waals surface area contributed by atoms with Crippen LogP contribution in [0.1, 0.15) is 65.0 Å². The van der Waals surface area contributed by atoms with Crippen molar-refractivity contribution >= 4 is 58.2 Å². The molecule has 0 radical (unpaired) electrons. The highest BCUT2D eigenvalue weighted by molar-refractivity contribution is 6.32. The number of imide groups is 2. The number of ether oxygens (including phenoxy) is 2. The van der Waals surface area contributed by atoms with E-state index in [1.165, 1.54) is 12.1 Å². The second-order valence-electron chi connectivity index (χ2n) is 14.6. The van der Waals surface area contributed by atoms with Gasteiger partial charge in [0.1, 0.15) is 17.9 Å². The number of hydrogen-bond acceptors (Lipinski definition) is 9. The molecule has 0 bridgehead atoms. The summed E-state index contributed by atoms with van der Waals surface area (Å²) in [5.41, 5.74) is 5.47. The Balaban J connectivity index is 0.813. The number of piperidine rings is 1. The van der Waals surface area contributed by atoms with Crippen LogP contribution < -0.4 is 19.9 Å². The minimum absolute atomic E-state index is 0.0602. The lowest BCUT2D eigenvalue weighted by Crippen LogP contribution is -2.54. The Kier molecular flexibility index (Phi) is 9.15. The molecule has 1 atom stereocenters. The summed E-state index contributed by atoms with van der Waals surface area (Å²) >= 11 is 6.31. The van der Waals surface area contributed by atoms with Crippen molar-refractivity contribution in [1.82, 2.24) is 10.2 Å². The van der Waals surface area contributed by atoms with Gasteiger partial charge in [-0.3, -0.25) is 39.1 Å². The summed E-state index contributed by atoms with van der Waals surface area (Å²) in [6.45, 7) is 6.21. The Morgan fingerprint density at radius 1 is 0.855 bits per heavy atom. The van der Waals surface area contributed by atoms with Crippen LogP contribution >= 0.6 is 11.6 Å². The molecule has 4 aromatic rings. The van der Waals surface area contributed by atoms with E-state index in [2.05, 4.69) is 46.6 Å². The van der Waals surface area contributed by atoms with E-state index in [1.54, 1.807) is 29.2 Å². The largest absolute Gasteiger partial charge is 0.493 e. The van der Waals surface area contributed by atoms with Gasteiger partial charge in [-0.15, -0.1) is 0 Å². The minimum Gasteiger partial charge on any atom is -0.493 e. The quantitative estimate of drug-likeness (QED) is 0.154. The predicted molar refractivity (Wildman–Crippen MR) is 203 cm³/mol. The standard InChI is InChI=1S/C42H36ClN5O7/c1-42(2)33-18-25(7-13-35(33)47(41(42)53)28-10-6-26(21-44)34(43)19-28)24-4-8-27(9-5-24)46-22-30(23-46)55-17-3-16-54-29-11-12-31-32(20-29)40(52)48(39(31)51)36-14-15-37(49)45-38(36)50/h4-13,18-20,30,36H,3,14-17,22-23H2,1-2H3,(H,45,49,50). The van der Waals surface area contributed by atoms with Crippen molar-refractivity contribution in [2.45, 2.75) is 50.7 Å². The van der Waals surface area contributed by atoms with Gasteiger partial charge in [-0.25, -0.2) is 0 Å². The van der Waals surface area contributed by atoms with Gasteiger partial charge in [0.25, 0.3) is 11.8 Å². The molecule has 13 heteroatoms. The zero-order valence-electron chi connectivity index (χ0n) is 30.1. The van der Waals surface area contributed by atoms with Crippen molar-refractivity contribution in [2.75, 3.05) is 36.1 Å². The molecule has 0 aromatic heterocycles. The van der Waals surface area contributed by atoms with Crippen LogP contribution in [0.5, 0.6) is 5.75 Å². The van der Waals surface area contributed by atoms with E-state index in [0.717, 1.165) is 46.1 Å². The average Bonchev–Trinajstić information content (AvgIpc) is 3.52. The molecule has 1 unspecified atom stereocenters. The molecule has 4 aliphatic heterocycles. The number of hydrogen-bond donors (Lipinski definition) is 1. The Morgan fingerprint density at radius 2 is 1.58 bits per heavy atom. The fourth-order valence-corrected chi connectivity index (χ4v) is 7.78. The van der Waals surface area contributed by atoms with E-state index in [9.17, 15) is 29.2 Å². The lowest BCUT2D eigenvalue weighted by Gasteiger charge is -2.40. The maximum atomic E-state index is 13.6. The van der Waals surface area contributed by atoms with Crippen molar-refractivity contribution in [1.29, 1.82) is 5.26 Å². The first-order chi connectivity index (χ1) is 26.4. The van der Waals surface area contributed by atoms with Crippen LogP contribution in [0.25, 0.3) is 11.1 Å². The van der Waals surface area contributed by atoms with E-state index in [1.807, 2.05) is 26.0 Å². The lowest BCUT2D eigenvalue weighted by molar-refractivity contribution is -0.136. The summed E-state index contributed by atoms with van der Waals surface area (Å²) in [6, 6.07) is 25.2. The van der Waals surface area contributed by atoms with E-state index < -0.39 is 35.1 Å². The predicted octanol–water partition coefficient (Wildman–Crippen LogP) is 5.91. The summed E-state index contributed by atoms with van der Waals surface area (Å²) in [4.78, 5) is 68.3. The van der Waals surface area contributed by atoms with Crippen molar-refractivity contribution in [3.63, 3.8) is 0 Å². The summed E-state index contributed by atoms with van der Waals surface area (Å²) < 4.78 is 11.9. The average molecular weight is 758 g/mol. The smallest absolute Gasteiger partial charge is 0.262 e. The highest BCUT2D eigenvalue weighted by atomic mass is 35.5. The number of fused-ring (bicyclic) bond motifs is 2. The number of nitrogens with zero attached hydrogens (tertiary/aromatic N) is 4. The second kappa shape index (κ2) is 14.0. The van der Waals surface area contributed by atoms with Crippen LogP contribution in [0, 0.1) is 11.3 Å². The van der Waals surface area contributed by atoms with Gasteiger partial charge < -0.3 is 14.4 Å². The molecule has 0 saturated carbocycles. The Labute approximate surface area is 322 Å². The number of amides is 5. The third-order valence-electron chi connectivity index (χ3n) is 10.7. The van der Waals surface area contributed by atoms with E-state index >= 15 is 0 Å². The summed E-state index contributed by atoms with van der Waals surface area (Å²) in [7, 11) is 0. The topological polar surface area (TPSA) is 149 Å².